The quantitative estimate of drug-likeness (QED) is 0.487. The van der Waals surface area contributed by atoms with Crippen molar-refractivity contribution >= 4 is 28.8 Å². The maximum Gasteiger partial charge on any atom is 0.416 e. The normalized spacial score (nSPS) is 24.3. The highest BCUT2D eigenvalue weighted by Gasteiger charge is 2.42. The van der Waals surface area contributed by atoms with Crippen molar-refractivity contribution < 1.29 is 37.5 Å². The molecular weight excluding hydrogens is 533 g/mol. The van der Waals surface area contributed by atoms with Crippen LogP contribution in [0.1, 0.15) is 58.9 Å². The third-order valence-electron chi connectivity index (χ3n) is 6.91. The van der Waals surface area contributed by atoms with Crippen LogP contribution in [0.15, 0.2) is 29.5 Å². The molecule has 3 amide bonds. The first-order valence-corrected chi connectivity index (χ1v) is 13.0. The molecule has 2 fully saturated rings. The molecular formula is C26H33F3N6O5. The van der Waals surface area contributed by atoms with Crippen LogP contribution >= 0.6 is 0 Å². The van der Waals surface area contributed by atoms with Gasteiger partial charge in [-0.15, -0.1) is 0 Å². The van der Waals surface area contributed by atoms with Crippen LogP contribution in [0.2, 0.25) is 0 Å². The highest BCUT2D eigenvalue weighted by molar-refractivity contribution is 5.85. The summed E-state index contributed by atoms with van der Waals surface area (Å²) in [6.07, 6.45) is -2.43. The van der Waals surface area contributed by atoms with Crippen LogP contribution in [-0.4, -0.2) is 74.0 Å². The smallest absolute Gasteiger partial charge is 0.416 e. The number of ether oxygens (including phenoxy) is 1. The van der Waals surface area contributed by atoms with Crippen LogP contribution in [0.5, 0.6) is 0 Å². The highest BCUT2D eigenvalue weighted by atomic mass is 19.4. The van der Waals surface area contributed by atoms with Gasteiger partial charge in [0.05, 0.1) is 23.2 Å². The van der Waals surface area contributed by atoms with Gasteiger partial charge in [0.2, 0.25) is 11.8 Å². The number of carbonyl (C=O) groups is 3. The number of alkyl halides is 3. The Morgan fingerprint density at radius 3 is 2.52 bits per heavy atom. The Hall–Kier alpha value is -3.84. The molecule has 11 nitrogen and oxygen atoms in total. The molecule has 2 aliphatic rings. The Balaban J connectivity index is 1.55. The molecule has 1 aromatic carbocycles. The molecule has 218 valence electrons. The van der Waals surface area contributed by atoms with Crippen molar-refractivity contribution in [3.05, 3.63) is 35.6 Å². The summed E-state index contributed by atoms with van der Waals surface area (Å²) in [5, 5.41) is 15.7. The van der Waals surface area contributed by atoms with Gasteiger partial charge in [0.1, 0.15) is 18.0 Å². The lowest BCUT2D eigenvalue weighted by atomic mass is 9.85. The van der Waals surface area contributed by atoms with Crippen molar-refractivity contribution in [1.29, 1.82) is 0 Å². The Bertz CT molecular complexity index is 1370. The molecule has 4 atom stereocenters. The molecule has 1 aliphatic heterocycles. The summed E-state index contributed by atoms with van der Waals surface area (Å²) < 4.78 is 45.9. The number of hydrogen-bond acceptors (Lipinski definition) is 7. The number of carbonyl (C=O) groups excluding carboxylic acids is 3. The van der Waals surface area contributed by atoms with E-state index < -0.39 is 35.5 Å². The molecule has 2 heterocycles. The monoisotopic (exact) mass is 566 g/mol. The van der Waals surface area contributed by atoms with Gasteiger partial charge >= 0.3 is 12.3 Å². The number of hydrogen-bond donors (Lipinski definition) is 3. The van der Waals surface area contributed by atoms with Gasteiger partial charge in [-0.1, -0.05) is 0 Å². The first kappa shape index (κ1) is 29.2. The van der Waals surface area contributed by atoms with Crippen molar-refractivity contribution in [2.45, 2.75) is 89.3 Å². The van der Waals surface area contributed by atoms with Crippen molar-refractivity contribution in [2.24, 2.45) is 4.99 Å². The van der Waals surface area contributed by atoms with E-state index in [9.17, 15) is 32.8 Å². The Kier molecular flexibility index (Phi) is 7.99. The van der Waals surface area contributed by atoms with Crippen LogP contribution in [0.25, 0.3) is 10.9 Å². The highest BCUT2D eigenvalue weighted by Crippen LogP contribution is 2.31. The lowest BCUT2D eigenvalue weighted by molar-refractivity contribution is -0.137. The molecule has 1 saturated carbocycles. The molecule has 0 bridgehead atoms. The van der Waals surface area contributed by atoms with E-state index in [1.54, 1.807) is 25.7 Å². The van der Waals surface area contributed by atoms with Gasteiger partial charge in [-0.05, 0) is 64.7 Å². The lowest BCUT2D eigenvalue weighted by Gasteiger charge is -2.41. The zero-order valence-corrected chi connectivity index (χ0v) is 22.7. The largest absolute Gasteiger partial charge is 0.444 e. The van der Waals surface area contributed by atoms with Crippen LogP contribution < -0.4 is 16.1 Å². The molecule has 14 heteroatoms. The van der Waals surface area contributed by atoms with Crippen molar-refractivity contribution in [2.75, 3.05) is 6.54 Å². The zero-order valence-electron chi connectivity index (χ0n) is 22.7. The number of halogens is 3. The number of rotatable bonds is 4. The van der Waals surface area contributed by atoms with Gasteiger partial charge < -0.3 is 25.5 Å². The van der Waals surface area contributed by atoms with E-state index in [1.165, 1.54) is 6.92 Å². The predicted molar refractivity (Wildman–Crippen MR) is 136 cm³/mol. The molecule has 0 spiro atoms. The molecule has 1 saturated heterocycles. The van der Waals surface area contributed by atoms with Crippen LogP contribution in [0.3, 0.4) is 0 Å². The number of nitrogens with one attached hydrogen (secondary N) is 2. The molecule has 40 heavy (non-hydrogen) atoms. The summed E-state index contributed by atoms with van der Waals surface area (Å²) in [4.78, 5) is 47.7. The average molecular weight is 567 g/mol. The Labute approximate surface area is 228 Å². The number of benzene rings is 1. The maximum atomic E-state index is 13.5. The first-order valence-electron chi connectivity index (χ1n) is 13.0. The van der Waals surface area contributed by atoms with Gasteiger partial charge in [-0.2, -0.15) is 17.9 Å². The number of fused-ring (bicyclic) bond motifs is 1. The van der Waals surface area contributed by atoms with Gasteiger partial charge in [-0.25, -0.2) is 9.78 Å². The summed E-state index contributed by atoms with van der Waals surface area (Å²) in [6, 6.07) is 0.847. The number of amides is 3. The fraction of sp³-hybridized carbons (Fsp3) is 0.577. The van der Waals surface area contributed by atoms with E-state index in [0.717, 1.165) is 24.5 Å². The number of nitrogens with zero attached hydrogens (tertiary/aromatic N) is 4. The van der Waals surface area contributed by atoms with E-state index in [4.69, 9.17) is 4.74 Å². The van der Waals surface area contributed by atoms with Crippen molar-refractivity contribution in [3.63, 3.8) is 0 Å². The van der Waals surface area contributed by atoms with E-state index in [0.29, 0.717) is 37.0 Å². The summed E-state index contributed by atoms with van der Waals surface area (Å²) in [5.74, 6) is -0.611. The lowest BCUT2D eigenvalue weighted by Crippen LogP contribution is -2.58. The summed E-state index contributed by atoms with van der Waals surface area (Å²) in [5.41, 5.74) is -1.62. The average Bonchev–Trinajstić information content (AvgIpc) is 3.18. The second-order valence-corrected chi connectivity index (χ2v) is 11.1. The molecule has 1 aliphatic carbocycles. The predicted octanol–water partition coefficient (Wildman–Crippen LogP) is 2.74. The molecule has 3 N–H and O–H groups in total. The van der Waals surface area contributed by atoms with Crippen molar-refractivity contribution in [3.8, 4) is 0 Å². The fourth-order valence-electron chi connectivity index (χ4n) is 5.27. The molecule has 0 unspecified atom stereocenters. The second-order valence-electron chi connectivity index (χ2n) is 11.1. The van der Waals surface area contributed by atoms with E-state index in [1.807, 2.05) is 0 Å². The van der Waals surface area contributed by atoms with Gasteiger partial charge in [0, 0.05) is 24.9 Å². The molecule has 0 radical (unpaired) electrons. The third-order valence-corrected chi connectivity index (χ3v) is 6.91. The summed E-state index contributed by atoms with van der Waals surface area (Å²) >= 11 is 0. The van der Waals surface area contributed by atoms with Gasteiger partial charge in [0.25, 0.3) is 0 Å². The number of alkyl carbamates (subject to hydrolysis) is 1. The zero-order chi connectivity index (χ0) is 29.4. The SMILES string of the molecule is CC(=O)N[C@@H]1C[C@H](NC(=O)OC(C)(C)C)CC[C@@H]1N1CC[C@H](N=c2ncn(O)c3ccc(C(F)(F)F)cc23)C1=O. The molecule has 4 rings (SSSR count). The third kappa shape index (κ3) is 6.65. The fourth-order valence-corrected chi connectivity index (χ4v) is 5.27. The van der Waals surface area contributed by atoms with E-state index in [2.05, 4.69) is 20.6 Å². The van der Waals surface area contributed by atoms with Gasteiger partial charge in [-0.3, -0.25) is 14.6 Å². The number of likely N-dealkylation sites (tertiary alicyclic amines) is 1. The standard InChI is InChI=1S/C26H33F3N6O5/c1-14(36)31-19-12-16(32-24(38)40-25(2,3)4)6-8-21(19)34-10-9-18(23(34)37)33-22-17-11-15(26(27,28)29)5-7-20(17)35(39)13-30-22/h5,7,11,13,16,18-19,21,39H,6,8-10,12H2,1-4H3,(H,31,36)(H,32,38)/t16-,18+,19-,21+/m1/s1. The van der Waals surface area contributed by atoms with Crippen LogP contribution in [0.4, 0.5) is 18.0 Å². The Morgan fingerprint density at radius 2 is 1.88 bits per heavy atom. The summed E-state index contributed by atoms with van der Waals surface area (Å²) in [6.45, 7) is 6.98. The second kappa shape index (κ2) is 11.0. The van der Waals surface area contributed by atoms with Crippen LogP contribution in [-0.2, 0) is 20.5 Å². The van der Waals surface area contributed by atoms with Crippen LogP contribution in [0, 0.1) is 0 Å². The van der Waals surface area contributed by atoms with E-state index in [-0.39, 0.29) is 40.3 Å². The van der Waals surface area contributed by atoms with E-state index >= 15 is 0 Å². The summed E-state index contributed by atoms with van der Waals surface area (Å²) in [7, 11) is 0. The number of aromatic nitrogens is 2. The first-order chi connectivity index (χ1) is 18.6. The minimum absolute atomic E-state index is 0.0454. The Morgan fingerprint density at radius 1 is 1.15 bits per heavy atom. The molecule has 2 aromatic rings. The van der Waals surface area contributed by atoms with Gasteiger partial charge in [0.15, 0.2) is 5.49 Å². The van der Waals surface area contributed by atoms with Crippen molar-refractivity contribution in [1.82, 2.24) is 25.2 Å². The molecule has 1 aromatic heterocycles. The maximum absolute atomic E-state index is 13.5. The topological polar surface area (TPSA) is 138 Å². The minimum atomic E-state index is -4.61. The minimum Gasteiger partial charge on any atom is -0.444 e.